The van der Waals surface area contributed by atoms with Gasteiger partial charge >= 0.3 is 0 Å². The molecule has 0 saturated carbocycles. The lowest BCUT2D eigenvalue weighted by Gasteiger charge is -2.32. The third-order valence-electron chi connectivity index (χ3n) is 2.86. The third kappa shape index (κ3) is 3.51. The lowest BCUT2D eigenvalue weighted by Crippen LogP contribution is -2.47. The van der Waals surface area contributed by atoms with Crippen LogP contribution in [-0.2, 0) is 16.6 Å². The Morgan fingerprint density at radius 1 is 1.35 bits per heavy atom. The first-order chi connectivity index (χ1) is 7.97. The van der Waals surface area contributed by atoms with Crippen LogP contribution in [0, 0.1) is 0 Å². The predicted molar refractivity (Wildman–Crippen MR) is 73.7 cm³/mol. The zero-order chi connectivity index (χ0) is 12.5. The molecule has 1 aliphatic heterocycles. The molecule has 0 bridgehead atoms. The Morgan fingerprint density at radius 2 is 2.00 bits per heavy atom. The van der Waals surface area contributed by atoms with E-state index in [9.17, 15) is 8.42 Å². The van der Waals surface area contributed by atoms with Crippen LogP contribution >= 0.6 is 27.3 Å². The molecule has 0 radical (unpaired) electrons. The molecule has 1 aliphatic rings. The van der Waals surface area contributed by atoms with Crippen LogP contribution in [-0.4, -0.2) is 50.1 Å². The lowest BCUT2D eigenvalue weighted by atomic mass is 10.3. The molecule has 0 aromatic carbocycles. The van der Waals surface area contributed by atoms with E-state index in [1.807, 2.05) is 6.07 Å². The number of rotatable bonds is 3. The van der Waals surface area contributed by atoms with Gasteiger partial charge in [-0.05, 0) is 27.4 Å². The summed E-state index contributed by atoms with van der Waals surface area (Å²) in [5.74, 6) is 0. The van der Waals surface area contributed by atoms with Gasteiger partial charge in [-0.2, -0.15) is 4.31 Å². The van der Waals surface area contributed by atoms with Gasteiger partial charge in [-0.15, -0.1) is 11.3 Å². The molecule has 96 valence electrons. The molecular formula is C10H15BrN2O2S2. The molecule has 4 nitrogen and oxygen atoms in total. The molecule has 2 heterocycles. The molecule has 0 N–H and O–H groups in total. The first-order valence-electron chi connectivity index (χ1n) is 5.36. The summed E-state index contributed by atoms with van der Waals surface area (Å²) in [5.41, 5.74) is 0. The standard InChI is InChI=1S/C10H15BrN2O2S2/c1-17(14,15)13-5-3-12(4-6-13)8-10-9(11)2-7-16-10/h2,7H,3-6,8H2,1H3. The van der Waals surface area contributed by atoms with Crippen LogP contribution in [0.15, 0.2) is 15.9 Å². The molecule has 0 atom stereocenters. The van der Waals surface area contributed by atoms with Crippen molar-refractivity contribution in [1.82, 2.24) is 9.21 Å². The van der Waals surface area contributed by atoms with Gasteiger partial charge in [0.2, 0.25) is 10.0 Å². The number of nitrogens with zero attached hydrogens (tertiary/aromatic N) is 2. The Balaban J connectivity index is 1.90. The lowest BCUT2D eigenvalue weighted by molar-refractivity contribution is 0.183. The molecule has 1 saturated heterocycles. The molecular weight excluding hydrogens is 324 g/mol. The summed E-state index contributed by atoms with van der Waals surface area (Å²) in [6.07, 6.45) is 1.28. The third-order valence-corrected chi connectivity index (χ3v) is 6.07. The van der Waals surface area contributed by atoms with Crippen molar-refractivity contribution in [1.29, 1.82) is 0 Å². The zero-order valence-corrected chi connectivity index (χ0v) is 12.8. The first-order valence-corrected chi connectivity index (χ1v) is 8.88. The summed E-state index contributed by atoms with van der Waals surface area (Å²) in [4.78, 5) is 3.59. The van der Waals surface area contributed by atoms with Crippen molar-refractivity contribution in [3.63, 3.8) is 0 Å². The smallest absolute Gasteiger partial charge is 0.211 e. The minimum atomic E-state index is -3.02. The number of piperazine rings is 1. The highest BCUT2D eigenvalue weighted by Crippen LogP contribution is 2.24. The van der Waals surface area contributed by atoms with Crippen LogP contribution in [0.2, 0.25) is 0 Å². The average Bonchev–Trinajstić information content (AvgIpc) is 2.64. The predicted octanol–water partition coefficient (Wildman–Crippen LogP) is 1.59. The Morgan fingerprint density at radius 3 is 2.47 bits per heavy atom. The SMILES string of the molecule is CS(=O)(=O)N1CCN(Cc2sccc2Br)CC1. The van der Waals surface area contributed by atoms with Crippen molar-refractivity contribution in [3.05, 3.63) is 20.8 Å². The maximum Gasteiger partial charge on any atom is 0.211 e. The molecule has 0 amide bonds. The molecule has 0 unspecified atom stereocenters. The summed E-state index contributed by atoms with van der Waals surface area (Å²) >= 11 is 5.24. The van der Waals surface area contributed by atoms with E-state index in [4.69, 9.17) is 0 Å². The van der Waals surface area contributed by atoms with Gasteiger partial charge in [0.25, 0.3) is 0 Å². The number of thiophene rings is 1. The first kappa shape index (κ1) is 13.5. The molecule has 1 fully saturated rings. The maximum absolute atomic E-state index is 11.4. The summed E-state index contributed by atoms with van der Waals surface area (Å²) in [5, 5.41) is 2.06. The van der Waals surface area contributed by atoms with Gasteiger partial charge in [0.15, 0.2) is 0 Å². The fraction of sp³-hybridized carbons (Fsp3) is 0.600. The van der Waals surface area contributed by atoms with Gasteiger partial charge in [0.05, 0.1) is 6.26 Å². The Labute approximate surface area is 114 Å². The monoisotopic (exact) mass is 338 g/mol. The van der Waals surface area contributed by atoms with Crippen LogP contribution in [0.25, 0.3) is 0 Å². The second kappa shape index (κ2) is 5.36. The van der Waals surface area contributed by atoms with E-state index in [0.717, 1.165) is 24.1 Å². The van der Waals surface area contributed by atoms with E-state index >= 15 is 0 Å². The highest BCUT2D eigenvalue weighted by molar-refractivity contribution is 9.10. The second-order valence-corrected chi connectivity index (χ2v) is 7.97. The van der Waals surface area contributed by atoms with E-state index in [2.05, 4.69) is 26.2 Å². The van der Waals surface area contributed by atoms with Crippen LogP contribution in [0.1, 0.15) is 4.88 Å². The Bertz CT molecular complexity index is 478. The van der Waals surface area contributed by atoms with E-state index in [-0.39, 0.29) is 0 Å². The zero-order valence-electron chi connectivity index (χ0n) is 9.60. The number of hydrogen-bond acceptors (Lipinski definition) is 4. The molecule has 1 aromatic rings. The molecule has 0 spiro atoms. The van der Waals surface area contributed by atoms with Crippen molar-refractivity contribution in [2.75, 3.05) is 32.4 Å². The van der Waals surface area contributed by atoms with Crippen molar-refractivity contribution < 1.29 is 8.42 Å². The highest BCUT2D eigenvalue weighted by Gasteiger charge is 2.23. The maximum atomic E-state index is 11.4. The van der Waals surface area contributed by atoms with Gasteiger partial charge in [0.1, 0.15) is 0 Å². The second-order valence-electron chi connectivity index (χ2n) is 4.13. The summed E-state index contributed by atoms with van der Waals surface area (Å²) in [6, 6.07) is 2.05. The van der Waals surface area contributed by atoms with Gasteiger partial charge in [0, 0.05) is 42.1 Å². The molecule has 2 rings (SSSR count). The largest absolute Gasteiger partial charge is 0.296 e. The molecule has 0 aliphatic carbocycles. The molecule has 1 aromatic heterocycles. The van der Waals surface area contributed by atoms with Crippen LogP contribution in [0.3, 0.4) is 0 Å². The topological polar surface area (TPSA) is 40.6 Å². The van der Waals surface area contributed by atoms with Crippen LogP contribution in [0.5, 0.6) is 0 Å². The van der Waals surface area contributed by atoms with E-state index in [1.54, 1.807) is 15.6 Å². The summed E-state index contributed by atoms with van der Waals surface area (Å²) in [7, 11) is -3.02. The van der Waals surface area contributed by atoms with Crippen molar-refractivity contribution in [2.24, 2.45) is 0 Å². The number of halogens is 1. The van der Waals surface area contributed by atoms with Gasteiger partial charge in [-0.3, -0.25) is 4.90 Å². The quantitative estimate of drug-likeness (QED) is 0.840. The fourth-order valence-electron chi connectivity index (χ4n) is 1.86. The Hall–Kier alpha value is 0.0500. The summed E-state index contributed by atoms with van der Waals surface area (Å²) < 4.78 is 25.4. The average molecular weight is 339 g/mol. The van der Waals surface area contributed by atoms with Gasteiger partial charge in [-0.25, -0.2) is 8.42 Å². The van der Waals surface area contributed by atoms with Crippen molar-refractivity contribution in [2.45, 2.75) is 6.54 Å². The minimum Gasteiger partial charge on any atom is -0.296 e. The molecule has 7 heteroatoms. The van der Waals surface area contributed by atoms with Gasteiger partial charge in [-0.1, -0.05) is 0 Å². The van der Waals surface area contributed by atoms with Crippen LogP contribution in [0.4, 0.5) is 0 Å². The van der Waals surface area contributed by atoms with Gasteiger partial charge < -0.3 is 0 Å². The van der Waals surface area contributed by atoms with Crippen LogP contribution < -0.4 is 0 Å². The highest BCUT2D eigenvalue weighted by atomic mass is 79.9. The van der Waals surface area contributed by atoms with E-state index in [1.165, 1.54) is 11.1 Å². The number of hydrogen-bond donors (Lipinski definition) is 0. The fourth-order valence-corrected chi connectivity index (χ4v) is 4.21. The summed E-state index contributed by atoms with van der Waals surface area (Å²) in [6.45, 7) is 3.70. The number of sulfonamides is 1. The van der Waals surface area contributed by atoms with E-state index < -0.39 is 10.0 Å². The van der Waals surface area contributed by atoms with Crippen molar-refractivity contribution >= 4 is 37.3 Å². The van der Waals surface area contributed by atoms with Crippen molar-refractivity contribution in [3.8, 4) is 0 Å². The Kier molecular flexibility index (Phi) is 4.25. The molecule has 17 heavy (non-hydrogen) atoms. The van der Waals surface area contributed by atoms with E-state index in [0.29, 0.717) is 13.1 Å². The minimum absolute atomic E-state index is 0.599. The normalized spacial score (nSPS) is 19.6.